The smallest absolute Gasteiger partial charge is 0.328 e. The quantitative estimate of drug-likeness (QED) is 0.650. The lowest BCUT2D eigenvalue weighted by Crippen LogP contribution is -2.19. The van der Waals surface area contributed by atoms with Crippen molar-refractivity contribution in [2.75, 3.05) is 5.32 Å². The molecule has 0 saturated heterocycles. The van der Waals surface area contributed by atoms with E-state index in [1.165, 1.54) is 6.08 Å². The highest BCUT2D eigenvalue weighted by molar-refractivity contribution is 5.89. The number of nitrogens with one attached hydrogen (secondary N) is 1. The summed E-state index contributed by atoms with van der Waals surface area (Å²) in [4.78, 5) is 20.8. The Morgan fingerprint density at radius 2 is 2.13 bits per heavy atom. The maximum absolute atomic E-state index is 10.5. The Labute approximate surface area is 86.2 Å². The van der Waals surface area contributed by atoms with E-state index < -0.39 is 12.0 Å². The molecule has 0 aliphatic heterocycles. The molecule has 1 rings (SSSR count). The van der Waals surface area contributed by atoms with Crippen molar-refractivity contribution in [3.8, 4) is 0 Å². The molecule has 0 aromatic heterocycles. The number of carboxylic acids is 1. The number of anilines is 1. The monoisotopic (exact) mass is 206 g/mol. The Bertz CT molecular complexity index is 413. The molecule has 0 spiro atoms. The Hall–Kier alpha value is -2.30. The number of carboxylic acid groups (broad SMARTS) is 1. The molecular formula is C10H10N2O3. The van der Waals surface area contributed by atoms with Gasteiger partial charge in [0.15, 0.2) is 0 Å². The first-order chi connectivity index (χ1) is 7.08. The van der Waals surface area contributed by atoms with E-state index in [0.717, 1.165) is 6.08 Å². The van der Waals surface area contributed by atoms with Crippen LogP contribution in [0.15, 0.2) is 30.3 Å². The number of urea groups is 1. The molecule has 1 aromatic rings. The Balaban J connectivity index is 2.82. The molecule has 0 bridgehead atoms. The highest BCUT2D eigenvalue weighted by Crippen LogP contribution is 2.11. The van der Waals surface area contributed by atoms with Gasteiger partial charge in [-0.05, 0) is 23.8 Å². The topological polar surface area (TPSA) is 92.4 Å². The lowest BCUT2D eigenvalue weighted by Gasteiger charge is -2.01. The second kappa shape index (κ2) is 4.80. The molecule has 4 N–H and O–H groups in total. The van der Waals surface area contributed by atoms with Gasteiger partial charge in [0.2, 0.25) is 0 Å². The van der Waals surface area contributed by atoms with Crippen molar-refractivity contribution < 1.29 is 14.7 Å². The zero-order chi connectivity index (χ0) is 11.3. The minimum atomic E-state index is -1.02. The van der Waals surface area contributed by atoms with Crippen LogP contribution in [0.25, 0.3) is 6.08 Å². The van der Waals surface area contributed by atoms with Gasteiger partial charge in [-0.1, -0.05) is 12.1 Å². The molecule has 0 atom stereocenters. The van der Waals surface area contributed by atoms with Crippen LogP contribution in [-0.4, -0.2) is 17.1 Å². The number of nitrogens with two attached hydrogens (primary N) is 1. The van der Waals surface area contributed by atoms with Crippen molar-refractivity contribution in [2.24, 2.45) is 5.73 Å². The van der Waals surface area contributed by atoms with E-state index >= 15 is 0 Å². The predicted molar refractivity (Wildman–Crippen MR) is 56.3 cm³/mol. The highest BCUT2D eigenvalue weighted by atomic mass is 16.4. The fourth-order valence-corrected chi connectivity index (χ4v) is 1.03. The zero-order valence-electron chi connectivity index (χ0n) is 7.81. The van der Waals surface area contributed by atoms with Crippen molar-refractivity contribution >= 4 is 23.8 Å². The summed E-state index contributed by atoms with van der Waals surface area (Å²) in [6.07, 6.45) is 2.44. The average Bonchev–Trinajstić information content (AvgIpc) is 2.14. The molecule has 0 saturated carbocycles. The normalized spacial score (nSPS) is 10.1. The van der Waals surface area contributed by atoms with Crippen LogP contribution in [0.4, 0.5) is 10.5 Å². The summed E-state index contributed by atoms with van der Waals surface area (Å²) in [5.74, 6) is -1.02. The van der Waals surface area contributed by atoms with Gasteiger partial charge in [0.25, 0.3) is 0 Å². The number of aliphatic carboxylic acids is 1. The van der Waals surface area contributed by atoms with E-state index in [0.29, 0.717) is 11.3 Å². The maximum atomic E-state index is 10.5. The van der Waals surface area contributed by atoms with E-state index in [1.54, 1.807) is 24.3 Å². The van der Waals surface area contributed by atoms with Gasteiger partial charge in [0.05, 0.1) is 0 Å². The third kappa shape index (κ3) is 3.95. The van der Waals surface area contributed by atoms with Gasteiger partial charge >= 0.3 is 12.0 Å². The lowest BCUT2D eigenvalue weighted by atomic mass is 10.2. The molecule has 2 amide bonds. The Morgan fingerprint density at radius 3 is 2.73 bits per heavy atom. The second-order valence-corrected chi connectivity index (χ2v) is 2.79. The van der Waals surface area contributed by atoms with Crippen LogP contribution in [0.1, 0.15) is 5.56 Å². The minimum absolute atomic E-state index is 0.523. The predicted octanol–water partition coefficient (Wildman–Crippen LogP) is 1.28. The molecule has 15 heavy (non-hydrogen) atoms. The number of carbonyl (C=O) groups excluding carboxylic acids is 1. The second-order valence-electron chi connectivity index (χ2n) is 2.79. The van der Waals surface area contributed by atoms with Gasteiger partial charge in [-0.3, -0.25) is 0 Å². The Kier molecular flexibility index (Phi) is 3.45. The average molecular weight is 206 g/mol. The van der Waals surface area contributed by atoms with Gasteiger partial charge in [-0.25, -0.2) is 9.59 Å². The summed E-state index contributed by atoms with van der Waals surface area (Å²) in [6.45, 7) is 0. The molecule has 0 aliphatic carbocycles. The van der Waals surface area contributed by atoms with E-state index in [4.69, 9.17) is 10.8 Å². The van der Waals surface area contributed by atoms with Gasteiger partial charge in [0.1, 0.15) is 0 Å². The standard InChI is InChI=1S/C10H10N2O3/c11-10(15)12-8-3-1-2-7(6-8)4-5-9(13)14/h1-6H,(H,13,14)(H3,11,12,15). The summed E-state index contributed by atoms with van der Waals surface area (Å²) < 4.78 is 0. The van der Waals surface area contributed by atoms with Crippen LogP contribution in [-0.2, 0) is 4.79 Å². The van der Waals surface area contributed by atoms with E-state index in [1.807, 2.05) is 0 Å². The van der Waals surface area contributed by atoms with Crippen molar-refractivity contribution in [1.82, 2.24) is 0 Å². The number of hydrogen-bond acceptors (Lipinski definition) is 2. The van der Waals surface area contributed by atoms with E-state index in [2.05, 4.69) is 5.32 Å². The van der Waals surface area contributed by atoms with Crippen molar-refractivity contribution in [2.45, 2.75) is 0 Å². The summed E-state index contributed by atoms with van der Waals surface area (Å²) in [6, 6.07) is 6.01. The van der Waals surface area contributed by atoms with Gasteiger partial charge in [-0.2, -0.15) is 0 Å². The fourth-order valence-electron chi connectivity index (χ4n) is 1.03. The first-order valence-electron chi connectivity index (χ1n) is 4.15. The summed E-state index contributed by atoms with van der Waals surface area (Å²) in [7, 11) is 0. The van der Waals surface area contributed by atoms with Gasteiger partial charge in [-0.15, -0.1) is 0 Å². The zero-order valence-corrected chi connectivity index (χ0v) is 7.81. The molecule has 0 unspecified atom stereocenters. The first kappa shape index (κ1) is 10.8. The van der Waals surface area contributed by atoms with Gasteiger partial charge < -0.3 is 16.2 Å². The van der Waals surface area contributed by atoms with E-state index in [-0.39, 0.29) is 0 Å². The number of rotatable bonds is 3. The lowest BCUT2D eigenvalue weighted by molar-refractivity contribution is -0.131. The maximum Gasteiger partial charge on any atom is 0.328 e. The largest absolute Gasteiger partial charge is 0.478 e. The van der Waals surface area contributed by atoms with Crippen LogP contribution < -0.4 is 11.1 Å². The summed E-state index contributed by atoms with van der Waals surface area (Å²) in [5.41, 5.74) is 6.13. The number of carbonyl (C=O) groups is 2. The van der Waals surface area contributed by atoms with Crippen molar-refractivity contribution in [1.29, 1.82) is 0 Å². The molecule has 0 heterocycles. The first-order valence-corrected chi connectivity index (χ1v) is 4.15. The molecular weight excluding hydrogens is 196 g/mol. The molecule has 0 radical (unpaired) electrons. The number of amides is 2. The molecule has 5 nitrogen and oxygen atoms in total. The van der Waals surface area contributed by atoms with Crippen molar-refractivity contribution in [3.63, 3.8) is 0 Å². The van der Waals surface area contributed by atoms with Gasteiger partial charge in [0, 0.05) is 11.8 Å². The van der Waals surface area contributed by atoms with Crippen LogP contribution in [0.3, 0.4) is 0 Å². The van der Waals surface area contributed by atoms with Crippen LogP contribution in [0.2, 0.25) is 0 Å². The molecule has 5 heteroatoms. The van der Waals surface area contributed by atoms with Crippen molar-refractivity contribution in [3.05, 3.63) is 35.9 Å². The van der Waals surface area contributed by atoms with E-state index in [9.17, 15) is 9.59 Å². The van der Waals surface area contributed by atoms with Crippen LogP contribution in [0.5, 0.6) is 0 Å². The highest BCUT2D eigenvalue weighted by Gasteiger charge is 1.96. The molecule has 78 valence electrons. The van der Waals surface area contributed by atoms with Crippen LogP contribution in [0, 0.1) is 0 Å². The SMILES string of the molecule is NC(=O)Nc1cccc(C=CC(=O)O)c1. The Morgan fingerprint density at radius 1 is 1.40 bits per heavy atom. The molecule has 1 aromatic carbocycles. The third-order valence-corrected chi connectivity index (χ3v) is 1.57. The number of benzene rings is 1. The van der Waals surface area contributed by atoms with Crippen LogP contribution >= 0.6 is 0 Å². The third-order valence-electron chi connectivity index (χ3n) is 1.57. The minimum Gasteiger partial charge on any atom is -0.478 e. The summed E-state index contributed by atoms with van der Waals surface area (Å²) in [5, 5.41) is 10.8. The number of hydrogen-bond donors (Lipinski definition) is 3. The molecule has 0 fully saturated rings. The summed E-state index contributed by atoms with van der Waals surface area (Å²) >= 11 is 0. The molecule has 0 aliphatic rings. The number of primary amides is 1. The fraction of sp³-hybridized carbons (Fsp3) is 0.